The van der Waals surface area contributed by atoms with Gasteiger partial charge in [-0.3, -0.25) is 4.90 Å². The Labute approximate surface area is 107 Å². The molecule has 2 rings (SSSR count). The normalized spacial score (nSPS) is 25.4. The van der Waals surface area contributed by atoms with Crippen molar-refractivity contribution in [2.24, 2.45) is 11.7 Å². The Kier molecular flexibility index (Phi) is 4.02. The molecule has 0 bridgehead atoms. The van der Waals surface area contributed by atoms with Crippen molar-refractivity contribution in [1.29, 1.82) is 0 Å². The van der Waals surface area contributed by atoms with Gasteiger partial charge in [0.2, 0.25) is 0 Å². The van der Waals surface area contributed by atoms with E-state index in [2.05, 4.69) is 11.8 Å². The molecule has 0 radical (unpaired) electrons. The highest BCUT2D eigenvalue weighted by Crippen LogP contribution is 2.25. The average Bonchev–Trinajstić information content (AvgIpc) is 2.58. The first-order chi connectivity index (χ1) is 8.08. The SMILES string of the molecule is CC1CC(CN)CN1Cc1cc(F)cc(Cl)c1. The molecule has 94 valence electrons. The number of hydrogen-bond donors (Lipinski definition) is 1. The third-order valence-electron chi connectivity index (χ3n) is 3.43. The van der Waals surface area contributed by atoms with Crippen LogP contribution in [0.25, 0.3) is 0 Å². The highest BCUT2D eigenvalue weighted by Gasteiger charge is 2.27. The van der Waals surface area contributed by atoms with Crippen molar-refractivity contribution < 1.29 is 4.39 Å². The Morgan fingerprint density at radius 3 is 2.82 bits per heavy atom. The van der Waals surface area contributed by atoms with E-state index >= 15 is 0 Å². The highest BCUT2D eigenvalue weighted by atomic mass is 35.5. The van der Waals surface area contributed by atoms with Gasteiger partial charge in [-0.25, -0.2) is 4.39 Å². The zero-order valence-corrected chi connectivity index (χ0v) is 10.8. The van der Waals surface area contributed by atoms with Crippen LogP contribution in [0, 0.1) is 11.7 Å². The molecule has 2 N–H and O–H groups in total. The van der Waals surface area contributed by atoms with Crippen LogP contribution < -0.4 is 5.73 Å². The quantitative estimate of drug-likeness (QED) is 0.901. The molecule has 1 heterocycles. The summed E-state index contributed by atoms with van der Waals surface area (Å²) in [5.74, 6) is 0.295. The number of halogens is 2. The number of benzene rings is 1. The zero-order valence-electron chi connectivity index (χ0n) is 10.00. The van der Waals surface area contributed by atoms with Gasteiger partial charge < -0.3 is 5.73 Å². The fourth-order valence-corrected chi connectivity index (χ4v) is 2.79. The third-order valence-corrected chi connectivity index (χ3v) is 3.65. The second kappa shape index (κ2) is 5.34. The molecule has 0 aliphatic carbocycles. The van der Waals surface area contributed by atoms with Crippen LogP contribution in [-0.4, -0.2) is 24.0 Å². The largest absolute Gasteiger partial charge is 0.330 e. The molecule has 0 saturated carbocycles. The lowest BCUT2D eigenvalue weighted by atomic mass is 10.1. The van der Waals surface area contributed by atoms with Gasteiger partial charge in [-0.2, -0.15) is 0 Å². The molecule has 0 spiro atoms. The summed E-state index contributed by atoms with van der Waals surface area (Å²) >= 11 is 5.85. The summed E-state index contributed by atoms with van der Waals surface area (Å²) in [7, 11) is 0. The van der Waals surface area contributed by atoms with Crippen molar-refractivity contribution in [3.05, 3.63) is 34.6 Å². The summed E-state index contributed by atoms with van der Waals surface area (Å²) in [6.45, 7) is 4.66. The van der Waals surface area contributed by atoms with Gasteiger partial charge in [0.1, 0.15) is 5.82 Å². The van der Waals surface area contributed by atoms with Gasteiger partial charge in [0.05, 0.1) is 0 Å². The predicted molar refractivity (Wildman–Crippen MR) is 68.4 cm³/mol. The summed E-state index contributed by atoms with van der Waals surface area (Å²) < 4.78 is 13.2. The maximum absolute atomic E-state index is 13.2. The molecule has 0 aromatic heterocycles. The van der Waals surface area contributed by atoms with Crippen LogP contribution in [0.4, 0.5) is 4.39 Å². The second-order valence-electron chi connectivity index (χ2n) is 4.89. The molecule has 1 saturated heterocycles. The molecule has 2 atom stereocenters. The van der Waals surface area contributed by atoms with Gasteiger partial charge in [-0.05, 0) is 49.6 Å². The lowest BCUT2D eigenvalue weighted by molar-refractivity contribution is 0.255. The molecular weight excluding hydrogens is 239 g/mol. The molecule has 1 fully saturated rings. The number of hydrogen-bond acceptors (Lipinski definition) is 2. The molecule has 4 heteroatoms. The average molecular weight is 257 g/mol. The molecule has 17 heavy (non-hydrogen) atoms. The van der Waals surface area contributed by atoms with Crippen LogP contribution in [-0.2, 0) is 6.54 Å². The van der Waals surface area contributed by atoms with Gasteiger partial charge in [0.25, 0.3) is 0 Å². The smallest absolute Gasteiger partial charge is 0.125 e. The minimum absolute atomic E-state index is 0.269. The van der Waals surface area contributed by atoms with Gasteiger partial charge in [0.15, 0.2) is 0 Å². The highest BCUT2D eigenvalue weighted by molar-refractivity contribution is 6.30. The summed E-state index contributed by atoms with van der Waals surface area (Å²) in [6, 6.07) is 5.22. The van der Waals surface area contributed by atoms with E-state index in [1.54, 1.807) is 6.07 Å². The lowest BCUT2D eigenvalue weighted by Crippen LogP contribution is -2.27. The minimum Gasteiger partial charge on any atom is -0.330 e. The Hall–Kier alpha value is -0.640. The van der Waals surface area contributed by atoms with Crippen molar-refractivity contribution in [1.82, 2.24) is 4.90 Å². The Morgan fingerprint density at radius 2 is 2.24 bits per heavy atom. The molecule has 1 aromatic rings. The zero-order chi connectivity index (χ0) is 12.4. The maximum Gasteiger partial charge on any atom is 0.125 e. The summed E-state index contributed by atoms with van der Waals surface area (Å²) in [4.78, 5) is 2.34. The van der Waals surface area contributed by atoms with E-state index in [9.17, 15) is 4.39 Å². The number of rotatable bonds is 3. The van der Waals surface area contributed by atoms with E-state index in [1.807, 2.05) is 6.07 Å². The first-order valence-electron chi connectivity index (χ1n) is 5.97. The summed E-state index contributed by atoms with van der Waals surface area (Å²) in [5, 5.41) is 0.460. The number of likely N-dealkylation sites (tertiary alicyclic amines) is 1. The van der Waals surface area contributed by atoms with Crippen molar-refractivity contribution in [2.45, 2.75) is 25.9 Å². The monoisotopic (exact) mass is 256 g/mol. The van der Waals surface area contributed by atoms with Crippen LogP contribution in [0.15, 0.2) is 18.2 Å². The van der Waals surface area contributed by atoms with Crippen molar-refractivity contribution in [3.63, 3.8) is 0 Å². The second-order valence-corrected chi connectivity index (χ2v) is 5.33. The molecule has 1 aliphatic heterocycles. The Bertz CT molecular complexity index is 377. The van der Waals surface area contributed by atoms with Crippen LogP contribution in [0.5, 0.6) is 0 Å². The maximum atomic E-state index is 13.2. The van der Waals surface area contributed by atoms with Crippen molar-refractivity contribution in [2.75, 3.05) is 13.1 Å². The first-order valence-corrected chi connectivity index (χ1v) is 6.35. The van der Waals surface area contributed by atoms with E-state index in [1.165, 1.54) is 6.07 Å². The van der Waals surface area contributed by atoms with Gasteiger partial charge in [-0.15, -0.1) is 0 Å². The molecule has 1 aliphatic rings. The van der Waals surface area contributed by atoms with Crippen molar-refractivity contribution >= 4 is 11.6 Å². The molecule has 0 amide bonds. The molecule has 2 unspecified atom stereocenters. The van der Waals surface area contributed by atoms with Gasteiger partial charge in [0, 0.05) is 24.2 Å². The van der Waals surface area contributed by atoms with Crippen molar-refractivity contribution in [3.8, 4) is 0 Å². The summed E-state index contributed by atoms with van der Waals surface area (Å²) in [6.07, 6.45) is 1.12. The van der Waals surface area contributed by atoms with Crippen LogP contribution in [0.1, 0.15) is 18.9 Å². The Morgan fingerprint density at radius 1 is 1.47 bits per heavy atom. The molecule has 1 aromatic carbocycles. The number of nitrogens with two attached hydrogens (primary N) is 1. The van der Waals surface area contributed by atoms with Crippen LogP contribution in [0.2, 0.25) is 5.02 Å². The van der Waals surface area contributed by atoms with Crippen LogP contribution >= 0.6 is 11.6 Å². The van der Waals surface area contributed by atoms with E-state index in [0.29, 0.717) is 17.0 Å². The van der Waals surface area contributed by atoms with Gasteiger partial charge >= 0.3 is 0 Å². The van der Waals surface area contributed by atoms with E-state index < -0.39 is 0 Å². The van der Waals surface area contributed by atoms with E-state index in [-0.39, 0.29) is 5.82 Å². The van der Waals surface area contributed by atoms with E-state index in [0.717, 1.165) is 31.6 Å². The van der Waals surface area contributed by atoms with Gasteiger partial charge in [-0.1, -0.05) is 11.6 Å². The minimum atomic E-state index is -0.269. The summed E-state index contributed by atoms with van der Waals surface area (Å²) in [5.41, 5.74) is 6.62. The lowest BCUT2D eigenvalue weighted by Gasteiger charge is -2.21. The standard InChI is InChI=1S/C13H18ClFN2/c1-9-2-11(6-16)8-17(9)7-10-3-12(14)5-13(15)4-10/h3-5,9,11H,2,6-8,16H2,1H3. The topological polar surface area (TPSA) is 29.3 Å². The molecular formula is C13H18ClFN2. The van der Waals surface area contributed by atoms with E-state index in [4.69, 9.17) is 17.3 Å². The van der Waals surface area contributed by atoms with Crippen LogP contribution in [0.3, 0.4) is 0 Å². The number of nitrogens with zero attached hydrogens (tertiary/aromatic N) is 1. The fourth-order valence-electron chi connectivity index (χ4n) is 2.55. The molecule has 2 nitrogen and oxygen atoms in total. The third kappa shape index (κ3) is 3.18. The predicted octanol–water partition coefficient (Wildman–Crippen LogP) is 2.65. The Balaban J connectivity index is 2.05. The fraction of sp³-hybridized carbons (Fsp3) is 0.538. The first kappa shape index (κ1) is 12.8.